The molecule has 0 saturated carbocycles. The van der Waals surface area contributed by atoms with Crippen molar-refractivity contribution in [2.75, 3.05) is 13.2 Å². The quantitative estimate of drug-likeness (QED) is 0.814. The van der Waals surface area contributed by atoms with Gasteiger partial charge < -0.3 is 15.0 Å². The Hall–Kier alpha value is -1.15. The van der Waals surface area contributed by atoms with Crippen LogP contribution < -0.4 is 5.73 Å². The third kappa shape index (κ3) is 2.14. The lowest BCUT2D eigenvalue weighted by atomic mass is 9.81. The highest BCUT2D eigenvalue weighted by Gasteiger charge is 2.44. The van der Waals surface area contributed by atoms with Crippen molar-refractivity contribution in [3.05, 3.63) is 11.7 Å². The van der Waals surface area contributed by atoms with E-state index in [9.17, 15) is 13.2 Å². The molecule has 1 aromatic rings. The summed E-state index contributed by atoms with van der Waals surface area (Å²) < 4.78 is 46.4. The standard InChI is InChI=1S/C9H12F3N3O2/c1-5-4-16-3-2-8(5,13)6-14-7(17-15-6)9(10,11)12/h5H,2-4,13H2,1H3. The van der Waals surface area contributed by atoms with Gasteiger partial charge in [0.25, 0.3) is 0 Å². The van der Waals surface area contributed by atoms with E-state index in [1.807, 2.05) is 0 Å². The van der Waals surface area contributed by atoms with Crippen molar-refractivity contribution in [2.24, 2.45) is 11.7 Å². The number of aromatic nitrogens is 2. The summed E-state index contributed by atoms with van der Waals surface area (Å²) in [5, 5.41) is 3.34. The van der Waals surface area contributed by atoms with Crippen LogP contribution in [0.4, 0.5) is 13.2 Å². The summed E-state index contributed by atoms with van der Waals surface area (Å²) in [7, 11) is 0. The molecule has 0 radical (unpaired) electrons. The van der Waals surface area contributed by atoms with Crippen LogP contribution in [0.1, 0.15) is 25.1 Å². The fourth-order valence-electron chi connectivity index (χ4n) is 1.76. The molecule has 2 N–H and O–H groups in total. The van der Waals surface area contributed by atoms with E-state index in [2.05, 4.69) is 14.7 Å². The summed E-state index contributed by atoms with van der Waals surface area (Å²) in [5.41, 5.74) is 5.03. The summed E-state index contributed by atoms with van der Waals surface area (Å²) in [5.74, 6) is -1.65. The van der Waals surface area contributed by atoms with Crippen molar-refractivity contribution in [2.45, 2.75) is 25.1 Å². The van der Waals surface area contributed by atoms with E-state index in [0.717, 1.165) is 0 Å². The molecule has 1 fully saturated rings. The number of ether oxygens (including phenoxy) is 1. The van der Waals surface area contributed by atoms with Gasteiger partial charge in [-0.2, -0.15) is 18.2 Å². The Morgan fingerprint density at radius 3 is 2.71 bits per heavy atom. The first kappa shape index (κ1) is 12.3. The van der Waals surface area contributed by atoms with Crippen molar-refractivity contribution in [1.29, 1.82) is 0 Å². The Morgan fingerprint density at radius 2 is 2.18 bits per heavy atom. The summed E-state index contributed by atoms with van der Waals surface area (Å²) in [6.45, 7) is 2.52. The first-order chi connectivity index (χ1) is 7.84. The first-order valence-electron chi connectivity index (χ1n) is 5.12. The Kier molecular flexibility index (Phi) is 2.86. The van der Waals surface area contributed by atoms with Crippen molar-refractivity contribution in [3.63, 3.8) is 0 Å². The Bertz CT molecular complexity index is 406. The number of nitrogens with two attached hydrogens (primary N) is 1. The van der Waals surface area contributed by atoms with Crippen LogP contribution in [-0.2, 0) is 16.5 Å². The van der Waals surface area contributed by atoms with Gasteiger partial charge >= 0.3 is 12.1 Å². The number of halogens is 3. The predicted molar refractivity (Wildman–Crippen MR) is 49.8 cm³/mol. The largest absolute Gasteiger partial charge is 0.471 e. The van der Waals surface area contributed by atoms with E-state index in [1.165, 1.54) is 0 Å². The van der Waals surface area contributed by atoms with E-state index < -0.39 is 17.6 Å². The van der Waals surface area contributed by atoms with Gasteiger partial charge in [0.15, 0.2) is 5.82 Å². The second-order valence-corrected chi connectivity index (χ2v) is 4.19. The molecular weight excluding hydrogens is 239 g/mol. The fraction of sp³-hybridized carbons (Fsp3) is 0.778. The van der Waals surface area contributed by atoms with E-state index in [1.54, 1.807) is 6.92 Å². The van der Waals surface area contributed by atoms with Gasteiger partial charge in [-0.05, 0) is 6.42 Å². The lowest BCUT2D eigenvalue weighted by Crippen LogP contribution is -2.49. The van der Waals surface area contributed by atoms with Gasteiger partial charge in [-0.3, -0.25) is 0 Å². The van der Waals surface area contributed by atoms with Crippen LogP contribution in [-0.4, -0.2) is 23.4 Å². The van der Waals surface area contributed by atoms with Gasteiger partial charge in [0.05, 0.1) is 12.1 Å². The lowest BCUT2D eigenvalue weighted by Gasteiger charge is -2.36. The normalized spacial score (nSPS) is 30.5. The monoisotopic (exact) mass is 251 g/mol. The molecule has 0 spiro atoms. The minimum absolute atomic E-state index is 0.111. The van der Waals surface area contributed by atoms with Gasteiger partial charge in [-0.15, -0.1) is 0 Å². The molecule has 8 heteroatoms. The van der Waals surface area contributed by atoms with E-state index in [4.69, 9.17) is 10.5 Å². The smallest absolute Gasteiger partial charge is 0.381 e. The third-order valence-corrected chi connectivity index (χ3v) is 2.99. The fourth-order valence-corrected chi connectivity index (χ4v) is 1.76. The molecule has 2 heterocycles. The molecular formula is C9H12F3N3O2. The Morgan fingerprint density at radius 1 is 1.47 bits per heavy atom. The van der Waals surface area contributed by atoms with Gasteiger partial charge in [0.2, 0.25) is 0 Å². The molecule has 2 atom stereocenters. The summed E-state index contributed by atoms with van der Waals surface area (Å²) in [4.78, 5) is 3.34. The van der Waals surface area contributed by atoms with Crippen molar-refractivity contribution in [1.82, 2.24) is 10.1 Å². The van der Waals surface area contributed by atoms with Crippen molar-refractivity contribution in [3.8, 4) is 0 Å². The first-order valence-corrected chi connectivity index (χ1v) is 5.12. The second kappa shape index (κ2) is 3.95. The van der Waals surface area contributed by atoms with Crippen molar-refractivity contribution >= 4 is 0 Å². The highest BCUT2D eigenvalue weighted by atomic mass is 19.4. The van der Waals surface area contributed by atoms with Crippen LogP contribution in [0.25, 0.3) is 0 Å². The lowest BCUT2D eigenvalue weighted by molar-refractivity contribution is -0.159. The molecule has 0 aromatic carbocycles. The molecule has 17 heavy (non-hydrogen) atoms. The van der Waals surface area contributed by atoms with Gasteiger partial charge in [0.1, 0.15) is 0 Å². The van der Waals surface area contributed by atoms with Crippen LogP contribution in [0.5, 0.6) is 0 Å². The molecule has 0 bridgehead atoms. The number of hydrogen-bond acceptors (Lipinski definition) is 5. The molecule has 1 aliphatic heterocycles. The molecule has 2 rings (SSSR count). The highest BCUT2D eigenvalue weighted by Crippen LogP contribution is 2.34. The number of nitrogens with zero attached hydrogens (tertiary/aromatic N) is 2. The molecule has 1 aromatic heterocycles. The average molecular weight is 251 g/mol. The zero-order valence-corrected chi connectivity index (χ0v) is 9.12. The topological polar surface area (TPSA) is 74.2 Å². The summed E-state index contributed by atoms with van der Waals surface area (Å²) in [6, 6.07) is 0. The minimum atomic E-state index is -4.64. The highest BCUT2D eigenvalue weighted by molar-refractivity contribution is 5.08. The van der Waals surface area contributed by atoms with Gasteiger partial charge in [0, 0.05) is 12.5 Å². The van der Waals surface area contributed by atoms with E-state index in [0.29, 0.717) is 19.6 Å². The second-order valence-electron chi connectivity index (χ2n) is 4.19. The molecule has 5 nitrogen and oxygen atoms in total. The third-order valence-electron chi connectivity index (χ3n) is 2.99. The summed E-state index contributed by atoms with van der Waals surface area (Å²) in [6.07, 6.45) is -4.28. The number of hydrogen-bond donors (Lipinski definition) is 1. The average Bonchev–Trinajstić information content (AvgIpc) is 2.71. The maximum absolute atomic E-state index is 12.3. The Labute approximate surface area is 95.1 Å². The SMILES string of the molecule is CC1COCCC1(N)c1noc(C(F)(F)F)n1. The molecule has 2 unspecified atom stereocenters. The predicted octanol–water partition coefficient (Wildman–Crippen LogP) is 1.30. The van der Waals surface area contributed by atoms with Crippen LogP contribution in [0.3, 0.4) is 0 Å². The van der Waals surface area contributed by atoms with E-state index >= 15 is 0 Å². The molecule has 0 aliphatic carbocycles. The van der Waals surface area contributed by atoms with Gasteiger partial charge in [-0.1, -0.05) is 12.1 Å². The molecule has 96 valence electrons. The van der Waals surface area contributed by atoms with Crippen molar-refractivity contribution < 1.29 is 22.4 Å². The van der Waals surface area contributed by atoms with Crippen LogP contribution in [0, 0.1) is 5.92 Å². The zero-order chi connectivity index (χ0) is 12.7. The molecule has 1 saturated heterocycles. The molecule has 1 aliphatic rings. The number of alkyl halides is 3. The zero-order valence-electron chi connectivity index (χ0n) is 9.12. The minimum Gasteiger partial charge on any atom is -0.381 e. The number of rotatable bonds is 1. The molecule has 0 amide bonds. The van der Waals surface area contributed by atoms with E-state index in [-0.39, 0.29) is 11.7 Å². The van der Waals surface area contributed by atoms with Crippen LogP contribution in [0.2, 0.25) is 0 Å². The maximum atomic E-state index is 12.3. The van der Waals surface area contributed by atoms with Crippen LogP contribution in [0.15, 0.2) is 4.52 Å². The maximum Gasteiger partial charge on any atom is 0.471 e. The summed E-state index contributed by atoms with van der Waals surface area (Å²) >= 11 is 0. The van der Waals surface area contributed by atoms with Crippen LogP contribution >= 0.6 is 0 Å². The van der Waals surface area contributed by atoms with Gasteiger partial charge in [-0.25, -0.2) is 0 Å². The Balaban J connectivity index is 2.30.